The zero-order valence-corrected chi connectivity index (χ0v) is 9.23. The number of anilines is 1. The maximum Gasteiger partial charge on any atom is 0.258 e. The van der Waals surface area contributed by atoms with Crippen molar-refractivity contribution in [1.82, 2.24) is 15.0 Å². The van der Waals surface area contributed by atoms with Gasteiger partial charge in [-0.05, 0) is 23.7 Å². The zero-order chi connectivity index (χ0) is 12.3. The molecule has 86 valence electrons. The molecular formula is C10H7ClN4O2. The topological polar surface area (TPSA) is 87.7 Å². The molecule has 6 nitrogen and oxygen atoms in total. The third-order valence-corrected chi connectivity index (χ3v) is 2.10. The van der Waals surface area contributed by atoms with E-state index in [0.29, 0.717) is 11.4 Å². The minimum atomic E-state index is -0.393. The summed E-state index contributed by atoms with van der Waals surface area (Å²) in [5.41, 5.74) is 0.0472. The summed E-state index contributed by atoms with van der Waals surface area (Å²) >= 11 is 5.57. The Morgan fingerprint density at radius 2 is 2.18 bits per heavy atom. The monoisotopic (exact) mass is 250 g/mol. The van der Waals surface area contributed by atoms with Crippen LogP contribution in [0, 0.1) is 0 Å². The molecule has 0 aliphatic heterocycles. The van der Waals surface area contributed by atoms with Crippen molar-refractivity contribution >= 4 is 23.3 Å². The number of halogens is 1. The highest BCUT2D eigenvalue weighted by molar-refractivity contribution is 6.28. The lowest BCUT2D eigenvalue weighted by Gasteiger charge is -2.03. The summed E-state index contributed by atoms with van der Waals surface area (Å²) in [6, 6.07) is 4.19. The molecule has 2 N–H and O–H groups in total. The Hall–Kier alpha value is -2.21. The summed E-state index contributed by atoms with van der Waals surface area (Å²) in [4.78, 5) is 32.4. The molecule has 1 amide bonds. The number of nitrogens with one attached hydrogen (secondary N) is 2. The molecule has 0 saturated carbocycles. The molecular weight excluding hydrogens is 244 g/mol. The number of pyridine rings is 1. The lowest BCUT2D eigenvalue weighted by Crippen LogP contribution is -2.15. The molecule has 0 aliphatic carbocycles. The van der Waals surface area contributed by atoms with Crippen molar-refractivity contribution in [1.29, 1.82) is 0 Å². The van der Waals surface area contributed by atoms with Gasteiger partial charge in [0.1, 0.15) is 5.82 Å². The van der Waals surface area contributed by atoms with Crippen molar-refractivity contribution in [3.63, 3.8) is 0 Å². The van der Waals surface area contributed by atoms with Crippen LogP contribution in [0.15, 0.2) is 35.4 Å². The zero-order valence-electron chi connectivity index (χ0n) is 8.48. The Bertz CT molecular complexity index is 591. The van der Waals surface area contributed by atoms with Gasteiger partial charge in [0, 0.05) is 18.5 Å². The highest BCUT2D eigenvalue weighted by atomic mass is 35.5. The van der Waals surface area contributed by atoms with E-state index in [1.54, 1.807) is 0 Å². The van der Waals surface area contributed by atoms with Crippen LogP contribution in [0.4, 0.5) is 5.82 Å². The van der Waals surface area contributed by atoms with Gasteiger partial charge in [-0.3, -0.25) is 9.59 Å². The van der Waals surface area contributed by atoms with E-state index in [4.69, 9.17) is 11.6 Å². The number of aromatic amines is 1. The fourth-order valence-electron chi connectivity index (χ4n) is 1.14. The Morgan fingerprint density at radius 3 is 2.82 bits per heavy atom. The molecule has 2 aromatic rings. The summed E-state index contributed by atoms with van der Waals surface area (Å²) in [5, 5.41) is 2.57. The second-order valence-electron chi connectivity index (χ2n) is 3.11. The fourth-order valence-corrected chi connectivity index (χ4v) is 1.29. The predicted molar refractivity (Wildman–Crippen MR) is 62.1 cm³/mol. The third-order valence-electron chi connectivity index (χ3n) is 1.91. The first-order chi connectivity index (χ1) is 8.15. The van der Waals surface area contributed by atoms with E-state index in [-0.39, 0.29) is 10.8 Å². The number of H-pyrrole nitrogens is 1. The van der Waals surface area contributed by atoms with Crippen LogP contribution in [0.3, 0.4) is 0 Å². The molecule has 0 fully saturated rings. The second kappa shape index (κ2) is 4.75. The Morgan fingerprint density at radius 1 is 1.35 bits per heavy atom. The number of hydrogen-bond donors (Lipinski definition) is 2. The van der Waals surface area contributed by atoms with E-state index in [0.717, 1.165) is 0 Å². The molecule has 17 heavy (non-hydrogen) atoms. The highest BCUT2D eigenvalue weighted by Crippen LogP contribution is 2.07. The molecule has 0 spiro atoms. The minimum absolute atomic E-state index is 0.0456. The fraction of sp³-hybridized carbons (Fsp3) is 0. The summed E-state index contributed by atoms with van der Waals surface area (Å²) in [5.74, 6) is -0.0998. The van der Waals surface area contributed by atoms with Crippen molar-refractivity contribution < 1.29 is 4.79 Å². The van der Waals surface area contributed by atoms with Crippen LogP contribution in [0.25, 0.3) is 0 Å². The van der Waals surface area contributed by atoms with Crippen molar-refractivity contribution in [2.24, 2.45) is 0 Å². The summed E-state index contributed by atoms with van der Waals surface area (Å²) in [6.45, 7) is 0. The minimum Gasteiger partial charge on any atom is -0.328 e. The van der Waals surface area contributed by atoms with Crippen LogP contribution < -0.4 is 10.9 Å². The summed E-state index contributed by atoms with van der Waals surface area (Å²) in [6.07, 6.45) is 2.75. The SMILES string of the molecule is O=C(Nc1ccnc(Cl)n1)c1ccc(=O)[nH]c1. The van der Waals surface area contributed by atoms with E-state index in [1.807, 2.05) is 0 Å². The average Bonchev–Trinajstić information content (AvgIpc) is 2.29. The first kappa shape index (κ1) is 11.3. The maximum absolute atomic E-state index is 11.7. The molecule has 0 aliphatic rings. The molecule has 0 unspecified atom stereocenters. The van der Waals surface area contributed by atoms with Gasteiger partial charge in [0.05, 0.1) is 5.56 Å². The largest absolute Gasteiger partial charge is 0.328 e. The maximum atomic E-state index is 11.7. The Labute approximate surface area is 101 Å². The quantitative estimate of drug-likeness (QED) is 0.781. The molecule has 0 aromatic carbocycles. The average molecular weight is 251 g/mol. The van der Waals surface area contributed by atoms with Crippen LogP contribution in [0.5, 0.6) is 0 Å². The van der Waals surface area contributed by atoms with Gasteiger partial charge < -0.3 is 10.3 Å². The molecule has 0 bridgehead atoms. The molecule has 7 heteroatoms. The summed E-state index contributed by atoms with van der Waals surface area (Å²) < 4.78 is 0. The number of carbonyl (C=O) groups is 1. The normalized spacial score (nSPS) is 9.94. The van der Waals surface area contributed by atoms with E-state index >= 15 is 0 Å². The van der Waals surface area contributed by atoms with Crippen LogP contribution in [-0.4, -0.2) is 20.9 Å². The number of carbonyl (C=O) groups excluding carboxylic acids is 1. The highest BCUT2D eigenvalue weighted by Gasteiger charge is 2.06. The van der Waals surface area contributed by atoms with Crippen molar-refractivity contribution in [3.8, 4) is 0 Å². The van der Waals surface area contributed by atoms with E-state index in [9.17, 15) is 9.59 Å². The predicted octanol–water partition coefficient (Wildman–Crippen LogP) is 1.07. The van der Waals surface area contributed by atoms with E-state index in [1.165, 1.54) is 30.6 Å². The van der Waals surface area contributed by atoms with Gasteiger partial charge in [0.15, 0.2) is 0 Å². The van der Waals surface area contributed by atoms with Crippen LogP contribution in [-0.2, 0) is 0 Å². The third kappa shape index (κ3) is 2.88. The van der Waals surface area contributed by atoms with Gasteiger partial charge >= 0.3 is 0 Å². The van der Waals surface area contributed by atoms with Gasteiger partial charge in [-0.15, -0.1) is 0 Å². The number of hydrogen-bond acceptors (Lipinski definition) is 4. The molecule has 0 atom stereocenters. The molecule has 2 heterocycles. The smallest absolute Gasteiger partial charge is 0.258 e. The van der Waals surface area contributed by atoms with E-state index in [2.05, 4.69) is 20.3 Å². The van der Waals surface area contributed by atoms with Gasteiger partial charge in [-0.1, -0.05) is 0 Å². The number of aromatic nitrogens is 3. The van der Waals surface area contributed by atoms with Gasteiger partial charge in [-0.2, -0.15) is 0 Å². The van der Waals surface area contributed by atoms with Crippen molar-refractivity contribution in [2.45, 2.75) is 0 Å². The van der Waals surface area contributed by atoms with Crippen LogP contribution in [0.2, 0.25) is 5.28 Å². The first-order valence-corrected chi connectivity index (χ1v) is 5.01. The number of amides is 1. The Kier molecular flexibility index (Phi) is 3.15. The van der Waals surface area contributed by atoms with Gasteiger partial charge in [-0.25, -0.2) is 9.97 Å². The van der Waals surface area contributed by atoms with Crippen LogP contribution >= 0.6 is 11.6 Å². The van der Waals surface area contributed by atoms with Crippen molar-refractivity contribution in [3.05, 3.63) is 51.8 Å². The molecule has 2 aromatic heterocycles. The molecule has 0 saturated heterocycles. The molecule has 0 radical (unpaired) electrons. The lowest BCUT2D eigenvalue weighted by atomic mass is 10.3. The lowest BCUT2D eigenvalue weighted by molar-refractivity contribution is 0.102. The standard InChI is InChI=1S/C10H7ClN4O2/c11-10-12-4-3-7(15-10)14-9(17)6-1-2-8(16)13-5-6/h1-5H,(H,13,16)(H,12,14,15,17). The van der Waals surface area contributed by atoms with Gasteiger partial charge in [0.25, 0.3) is 5.91 Å². The molecule has 2 rings (SSSR count). The Balaban J connectivity index is 2.17. The second-order valence-corrected chi connectivity index (χ2v) is 3.44. The number of nitrogens with zero attached hydrogens (tertiary/aromatic N) is 2. The first-order valence-electron chi connectivity index (χ1n) is 4.64. The van der Waals surface area contributed by atoms with Crippen LogP contribution in [0.1, 0.15) is 10.4 Å². The number of rotatable bonds is 2. The summed E-state index contributed by atoms with van der Waals surface area (Å²) in [7, 11) is 0. The van der Waals surface area contributed by atoms with E-state index < -0.39 is 5.91 Å². The van der Waals surface area contributed by atoms with Crippen molar-refractivity contribution in [2.75, 3.05) is 5.32 Å². The van der Waals surface area contributed by atoms with Gasteiger partial charge in [0.2, 0.25) is 10.8 Å².